The number of piperidine rings is 1. The number of halogens is 1. The van der Waals surface area contributed by atoms with E-state index in [1.54, 1.807) is 33.9 Å². The number of amides is 2. The zero-order valence-corrected chi connectivity index (χ0v) is 21.0. The molecule has 2 aromatic carbocycles. The van der Waals surface area contributed by atoms with E-state index in [1.165, 1.54) is 6.92 Å². The molecule has 2 aliphatic rings. The third-order valence-electron chi connectivity index (χ3n) is 6.79. The molecule has 184 valence electrons. The van der Waals surface area contributed by atoms with Crippen LogP contribution in [0.15, 0.2) is 58.4 Å². The number of nitrogens with one attached hydrogen (secondary N) is 4. The molecule has 1 aromatic heterocycles. The highest BCUT2D eigenvalue weighted by Gasteiger charge is 2.56. The summed E-state index contributed by atoms with van der Waals surface area (Å²) < 4.78 is 2.44. The molecule has 11 heteroatoms. The van der Waals surface area contributed by atoms with Gasteiger partial charge in [-0.15, -0.1) is 0 Å². The van der Waals surface area contributed by atoms with E-state index in [4.69, 9.17) is 10.9 Å². The first kappa shape index (κ1) is 23.9. The number of aromatic nitrogens is 1. The largest absolute Gasteiger partial charge is 0.337 e. The second kappa shape index (κ2) is 9.30. The highest BCUT2D eigenvalue weighted by molar-refractivity contribution is 9.10. The molecule has 0 bridgehead atoms. The Hall–Kier alpha value is -3.86. The second-order valence-corrected chi connectivity index (χ2v) is 10.1. The summed E-state index contributed by atoms with van der Waals surface area (Å²) in [6.45, 7) is 1.55. The van der Waals surface area contributed by atoms with Gasteiger partial charge in [0.25, 0.3) is 0 Å². The number of hydrogen-bond acceptors (Lipinski definition) is 6. The van der Waals surface area contributed by atoms with Crippen LogP contribution in [0.25, 0.3) is 10.9 Å². The van der Waals surface area contributed by atoms with Gasteiger partial charge in [0.05, 0.1) is 0 Å². The fourth-order valence-corrected chi connectivity index (χ4v) is 5.58. The van der Waals surface area contributed by atoms with Gasteiger partial charge < -0.3 is 14.8 Å². The molecule has 10 nitrogen and oxygen atoms in total. The van der Waals surface area contributed by atoms with Crippen LogP contribution in [0.5, 0.6) is 0 Å². The van der Waals surface area contributed by atoms with Crippen molar-refractivity contribution < 1.29 is 14.4 Å². The SMILES string of the molecule is CC(=O)c1cn(CC(=O)N2[C@@H]3C[C@@H]3C[C@H]2C(=O)Nc2cc(Br)cc(C(=N)NN=N)c2)c2ccccc12. The van der Waals surface area contributed by atoms with Crippen LogP contribution in [0, 0.1) is 16.9 Å². The van der Waals surface area contributed by atoms with Gasteiger partial charge in [-0.3, -0.25) is 19.8 Å². The van der Waals surface area contributed by atoms with Crippen molar-refractivity contribution in [3.05, 3.63) is 64.3 Å². The lowest BCUT2D eigenvalue weighted by Crippen LogP contribution is -2.46. The zero-order chi connectivity index (χ0) is 25.6. The average Bonchev–Trinajstić information content (AvgIpc) is 3.34. The summed E-state index contributed by atoms with van der Waals surface area (Å²) in [5.41, 5.74) is 11.4. The van der Waals surface area contributed by atoms with Crippen LogP contribution in [0.3, 0.4) is 0 Å². The van der Waals surface area contributed by atoms with Gasteiger partial charge in [-0.1, -0.05) is 39.4 Å². The lowest BCUT2D eigenvalue weighted by molar-refractivity contribution is -0.138. The van der Waals surface area contributed by atoms with Crippen molar-refractivity contribution in [1.29, 1.82) is 10.9 Å². The number of ketones is 1. The lowest BCUT2D eigenvalue weighted by Gasteiger charge is -2.27. The van der Waals surface area contributed by atoms with Gasteiger partial charge in [0.2, 0.25) is 11.8 Å². The number of anilines is 1. The predicted molar refractivity (Wildman–Crippen MR) is 137 cm³/mol. The molecule has 1 aliphatic heterocycles. The first-order valence-corrected chi connectivity index (χ1v) is 12.3. The maximum Gasteiger partial charge on any atom is 0.247 e. The number of para-hydroxylation sites is 1. The summed E-state index contributed by atoms with van der Waals surface area (Å²) in [5.74, 6) is -0.274. The molecular weight excluding hydrogens is 526 g/mol. The smallest absolute Gasteiger partial charge is 0.247 e. The van der Waals surface area contributed by atoms with Gasteiger partial charge in [0.15, 0.2) is 5.78 Å². The summed E-state index contributed by atoms with van der Waals surface area (Å²) in [6.07, 6.45) is 3.21. The predicted octanol–water partition coefficient (Wildman–Crippen LogP) is 4.10. The van der Waals surface area contributed by atoms with Crippen molar-refractivity contribution in [3.8, 4) is 0 Å². The summed E-state index contributed by atoms with van der Waals surface area (Å²) >= 11 is 3.38. The van der Waals surface area contributed by atoms with E-state index in [0.29, 0.717) is 33.6 Å². The van der Waals surface area contributed by atoms with Crippen LogP contribution in [-0.2, 0) is 16.1 Å². The quantitative estimate of drug-likeness (QED) is 0.116. The first-order chi connectivity index (χ1) is 17.3. The Morgan fingerprint density at radius 2 is 1.94 bits per heavy atom. The molecule has 0 radical (unpaired) electrons. The minimum atomic E-state index is -0.599. The molecule has 5 rings (SSSR count). The Labute approximate surface area is 215 Å². The minimum Gasteiger partial charge on any atom is -0.337 e. The molecule has 4 N–H and O–H groups in total. The van der Waals surface area contributed by atoms with Gasteiger partial charge in [0.1, 0.15) is 18.4 Å². The summed E-state index contributed by atoms with van der Waals surface area (Å²) in [6, 6.07) is 11.9. The van der Waals surface area contributed by atoms with Crippen molar-refractivity contribution in [2.24, 2.45) is 11.1 Å². The molecule has 3 atom stereocenters. The van der Waals surface area contributed by atoms with Crippen LogP contribution >= 0.6 is 15.9 Å². The zero-order valence-electron chi connectivity index (χ0n) is 19.4. The normalized spacial score (nSPS) is 20.1. The fraction of sp³-hybridized carbons (Fsp3) is 0.280. The third kappa shape index (κ3) is 4.41. The number of rotatable bonds is 7. The second-order valence-electron chi connectivity index (χ2n) is 9.18. The third-order valence-corrected chi connectivity index (χ3v) is 7.25. The van der Waals surface area contributed by atoms with Gasteiger partial charge >= 0.3 is 0 Å². The average molecular weight is 550 g/mol. The van der Waals surface area contributed by atoms with Crippen LogP contribution in [0.2, 0.25) is 0 Å². The molecule has 1 saturated carbocycles. The Kier molecular flexibility index (Phi) is 6.17. The van der Waals surface area contributed by atoms with Crippen molar-refractivity contribution in [3.63, 3.8) is 0 Å². The number of carbonyl (C=O) groups excluding carboxylic acids is 3. The number of fused-ring (bicyclic) bond motifs is 2. The number of likely N-dealkylation sites (tertiary alicyclic amines) is 1. The number of carbonyl (C=O) groups is 3. The van der Waals surface area contributed by atoms with E-state index >= 15 is 0 Å². The van der Waals surface area contributed by atoms with Crippen molar-refractivity contribution >= 4 is 56.0 Å². The number of Topliss-reactive ketones (excluding diaryl/α,β-unsaturated/α-hetero) is 1. The van der Waals surface area contributed by atoms with E-state index in [-0.39, 0.29) is 36.0 Å². The molecule has 1 saturated heterocycles. The van der Waals surface area contributed by atoms with Crippen LogP contribution in [0.1, 0.15) is 35.7 Å². The topological polar surface area (TPSA) is 144 Å². The van der Waals surface area contributed by atoms with E-state index in [1.807, 2.05) is 24.3 Å². The van der Waals surface area contributed by atoms with Crippen LogP contribution in [-0.4, -0.2) is 45.0 Å². The molecule has 36 heavy (non-hydrogen) atoms. The Morgan fingerprint density at radius 3 is 2.69 bits per heavy atom. The lowest BCUT2D eigenvalue weighted by atomic mass is 10.1. The van der Waals surface area contributed by atoms with Crippen molar-refractivity contribution in [2.75, 3.05) is 5.32 Å². The monoisotopic (exact) mass is 549 g/mol. The molecule has 0 spiro atoms. The summed E-state index contributed by atoms with van der Waals surface area (Å²) in [5, 5.41) is 14.7. The van der Waals surface area contributed by atoms with Crippen LogP contribution in [0.4, 0.5) is 5.69 Å². The highest BCUT2D eigenvalue weighted by Crippen LogP contribution is 2.48. The Balaban J connectivity index is 1.36. The Morgan fingerprint density at radius 1 is 1.17 bits per heavy atom. The van der Waals surface area contributed by atoms with Gasteiger partial charge in [0, 0.05) is 44.4 Å². The fourth-order valence-electron chi connectivity index (χ4n) is 5.09. The molecule has 2 fully saturated rings. The molecule has 3 aromatic rings. The van der Waals surface area contributed by atoms with E-state index in [0.717, 1.165) is 17.3 Å². The number of hydrogen-bond donors (Lipinski definition) is 4. The number of nitrogens with zero attached hydrogens (tertiary/aromatic N) is 3. The number of benzene rings is 2. The Bertz CT molecular complexity index is 1430. The highest BCUT2D eigenvalue weighted by atomic mass is 79.9. The van der Waals surface area contributed by atoms with Crippen molar-refractivity contribution in [1.82, 2.24) is 14.9 Å². The summed E-state index contributed by atoms with van der Waals surface area (Å²) in [7, 11) is 0. The standard InChI is InChI=1S/C25H24BrN7O3/c1-13(34)19-11-32(20-5-3-2-4-18(19)20)12-23(35)33-21-8-14(21)9-22(33)25(36)29-17-7-15(6-16(26)10-17)24(27)30-31-28/h2-7,10-11,14,21-22H,8-9,12H2,1H3,(H,29,36)(H3,27,28,30)/t14-,21-,22+/m1/s1. The van der Waals surface area contributed by atoms with E-state index in [9.17, 15) is 14.4 Å². The van der Waals surface area contributed by atoms with Crippen molar-refractivity contribution in [2.45, 2.75) is 38.4 Å². The van der Waals surface area contributed by atoms with E-state index in [2.05, 4.69) is 31.9 Å². The van der Waals surface area contributed by atoms with Gasteiger partial charge in [-0.25, -0.2) is 5.43 Å². The molecule has 2 amide bonds. The molecular formula is C25H24BrN7O3. The first-order valence-electron chi connectivity index (χ1n) is 11.5. The van der Waals surface area contributed by atoms with Crippen LogP contribution < -0.4 is 10.7 Å². The maximum atomic E-state index is 13.5. The minimum absolute atomic E-state index is 0.0429. The van der Waals surface area contributed by atoms with Gasteiger partial charge in [-0.2, -0.15) is 5.53 Å². The van der Waals surface area contributed by atoms with Gasteiger partial charge in [-0.05, 0) is 49.9 Å². The molecule has 0 unspecified atom stereocenters. The summed E-state index contributed by atoms with van der Waals surface area (Å²) in [4.78, 5) is 40.6. The number of amidine groups is 1. The molecule has 1 aliphatic carbocycles. The van der Waals surface area contributed by atoms with E-state index < -0.39 is 6.04 Å². The maximum absolute atomic E-state index is 13.5. The molecule has 2 heterocycles.